The predicted octanol–water partition coefficient (Wildman–Crippen LogP) is 1.47. The fraction of sp³-hybridized carbons (Fsp3) is 0.308. The Morgan fingerprint density at radius 1 is 1.43 bits per heavy atom. The van der Waals surface area contributed by atoms with Crippen LogP contribution >= 0.6 is 11.8 Å². The number of thioether (sulfide) groups is 1. The van der Waals surface area contributed by atoms with Crippen LogP contribution in [-0.4, -0.2) is 26.4 Å². The minimum Gasteiger partial charge on any atom is -0.399 e. The van der Waals surface area contributed by atoms with Gasteiger partial charge >= 0.3 is 5.69 Å². The van der Waals surface area contributed by atoms with E-state index in [9.17, 15) is 9.59 Å². The van der Waals surface area contributed by atoms with Crippen molar-refractivity contribution in [2.45, 2.75) is 25.0 Å². The number of aromatic amines is 1. The van der Waals surface area contributed by atoms with Crippen molar-refractivity contribution >= 4 is 29.0 Å². The summed E-state index contributed by atoms with van der Waals surface area (Å²) in [5.41, 5.74) is 6.62. The lowest BCUT2D eigenvalue weighted by atomic mass is 10.3. The maximum absolute atomic E-state index is 11.9. The molecule has 112 valence electrons. The van der Waals surface area contributed by atoms with Gasteiger partial charge in [-0.3, -0.25) is 9.36 Å². The minimum absolute atomic E-state index is 0.0149. The van der Waals surface area contributed by atoms with Gasteiger partial charge in [0.05, 0.1) is 5.75 Å². The zero-order valence-corrected chi connectivity index (χ0v) is 12.6. The zero-order valence-electron chi connectivity index (χ0n) is 11.8. The number of nitrogens with zero attached hydrogens (tertiary/aromatic N) is 2. The van der Waals surface area contributed by atoms with Crippen molar-refractivity contribution in [3.8, 4) is 0 Å². The van der Waals surface area contributed by atoms with Crippen LogP contribution < -0.4 is 16.7 Å². The van der Waals surface area contributed by atoms with Crippen LogP contribution in [0.2, 0.25) is 0 Å². The van der Waals surface area contributed by atoms with Gasteiger partial charge in [-0.15, -0.1) is 5.10 Å². The van der Waals surface area contributed by atoms with E-state index in [0.717, 1.165) is 0 Å². The number of hydrogen-bond donors (Lipinski definition) is 3. The molecule has 0 aliphatic heterocycles. The maximum Gasteiger partial charge on any atom is 0.344 e. The lowest BCUT2D eigenvalue weighted by Gasteiger charge is -2.08. The molecule has 2 aromatic rings. The molecule has 8 heteroatoms. The Morgan fingerprint density at radius 2 is 2.10 bits per heavy atom. The van der Waals surface area contributed by atoms with Crippen molar-refractivity contribution in [1.29, 1.82) is 0 Å². The standard InChI is InChI=1S/C13H17N5O2S/c1-8(2)18-12(20)16-17-13(18)21-7-11(19)15-10-5-3-9(14)4-6-10/h3-6,8H,7,14H2,1-2H3,(H,15,19)(H,16,20). The molecular formula is C13H17N5O2S. The molecule has 0 saturated heterocycles. The smallest absolute Gasteiger partial charge is 0.344 e. The van der Waals surface area contributed by atoms with E-state index in [1.54, 1.807) is 24.3 Å². The van der Waals surface area contributed by atoms with Crippen LogP contribution in [-0.2, 0) is 4.79 Å². The van der Waals surface area contributed by atoms with Crippen molar-refractivity contribution in [3.63, 3.8) is 0 Å². The third kappa shape index (κ3) is 3.88. The molecule has 0 saturated carbocycles. The Kier molecular flexibility index (Phi) is 4.69. The van der Waals surface area contributed by atoms with E-state index in [1.165, 1.54) is 16.3 Å². The number of anilines is 2. The van der Waals surface area contributed by atoms with Crippen LogP contribution in [0.5, 0.6) is 0 Å². The molecule has 1 heterocycles. The first-order valence-corrected chi connectivity index (χ1v) is 7.41. The number of carbonyl (C=O) groups excluding carboxylic acids is 1. The number of nitrogens with two attached hydrogens (primary N) is 1. The fourth-order valence-corrected chi connectivity index (χ4v) is 2.62. The third-order valence-electron chi connectivity index (χ3n) is 2.72. The largest absolute Gasteiger partial charge is 0.399 e. The first-order valence-electron chi connectivity index (χ1n) is 6.42. The van der Waals surface area contributed by atoms with E-state index in [1.807, 2.05) is 13.8 Å². The Hall–Kier alpha value is -2.22. The molecule has 0 fully saturated rings. The van der Waals surface area contributed by atoms with Crippen molar-refractivity contribution < 1.29 is 4.79 Å². The van der Waals surface area contributed by atoms with Gasteiger partial charge in [-0.1, -0.05) is 11.8 Å². The van der Waals surface area contributed by atoms with Crippen LogP contribution in [0.15, 0.2) is 34.2 Å². The summed E-state index contributed by atoms with van der Waals surface area (Å²) >= 11 is 1.21. The van der Waals surface area contributed by atoms with E-state index in [0.29, 0.717) is 16.5 Å². The highest BCUT2D eigenvalue weighted by atomic mass is 32.2. The lowest BCUT2D eigenvalue weighted by molar-refractivity contribution is -0.113. The summed E-state index contributed by atoms with van der Waals surface area (Å²) in [5, 5.41) is 9.57. The Balaban J connectivity index is 1.95. The van der Waals surface area contributed by atoms with E-state index in [2.05, 4.69) is 15.5 Å². The van der Waals surface area contributed by atoms with E-state index in [-0.39, 0.29) is 23.4 Å². The summed E-state index contributed by atoms with van der Waals surface area (Å²) in [5.74, 6) is -0.00276. The number of aromatic nitrogens is 3. The van der Waals surface area contributed by atoms with Crippen LogP contribution in [0.4, 0.5) is 11.4 Å². The van der Waals surface area contributed by atoms with Crippen molar-refractivity contribution in [3.05, 3.63) is 34.7 Å². The summed E-state index contributed by atoms with van der Waals surface area (Å²) in [7, 11) is 0. The third-order valence-corrected chi connectivity index (χ3v) is 3.67. The molecule has 0 spiro atoms. The van der Waals surface area contributed by atoms with Crippen LogP contribution in [0.25, 0.3) is 0 Å². The van der Waals surface area contributed by atoms with Crippen molar-refractivity contribution in [2.75, 3.05) is 16.8 Å². The second kappa shape index (κ2) is 6.49. The van der Waals surface area contributed by atoms with Gasteiger partial charge in [-0.05, 0) is 38.1 Å². The number of carbonyl (C=O) groups is 1. The average molecular weight is 307 g/mol. The van der Waals surface area contributed by atoms with E-state index >= 15 is 0 Å². The van der Waals surface area contributed by atoms with Gasteiger partial charge in [0.15, 0.2) is 5.16 Å². The quantitative estimate of drug-likeness (QED) is 0.573. The molecule has 4 N–H and O–H groups in total. The second-order valence-electron chi connectivity index (χ2n) is 4.73. The molecule has 1 amide bonds. The Morgan fingerprint density at radius 3 is 2.71 bits per heavy atom. The molecule has 1 aromatic heterocycles. The number of rotatable bonds is 5. The van der Waals surface area contributed by atoms with Gasteiger partial charge in [0.25, 0.3) is 0 Å². The molecule has 0 bridgehead atoms. The van der Waals surface area contributed by atoms with Gasteiger partial charge < -0.3 is 11.1 Å². The van der Waals surface area contributed by atoms with Gasteiger partial charge in [0.2, 0.25) is 5.91 Å². The summed E-state index contributed by atoms with van der Waals surface area (Å²) in [4.78, 5) is 23.4. The number of benzene rings is 1. The maximum atomic E-state index is 11.9. The number of hydrogen-bond acceptors (Lipinski definition) is 5. The summed E-state index contributed by atoms with van der Waals surface area (Å²) in [6.45, 7) is 3.77. The van der Waals surface area contributed by atoms with Crippen molar-refractivity contribution in [2.24, 2.45) is 0 Å². The summed E-state index contributed by atoms with van der Waals surface area (Å²) < 4.78 is 1.52. The van der Waals surface area contributed by atoms with E-state index in [4.69, 9.17) is 5.73 Å². The van der Waals surface area contributed by atoms with Gasteiger partial charge in [0, 0.05) is 17.4 Å². The van der Waals surface area contributed by atoms with Gasteiger partial charge in [0.1, 0.15) is 0 Å². The lowest BCUT2D eigenvalue weighted by Crippen LogP contribution is -2.20. The SMILES string of the molecule is CC(C)n1c(SCC(=O)Nc2ccc(N)cc2)n[nH]c1=O. The summed E-state index contributed by atoms with van der Waals surface area (Å²) in [6.07, 6.45) is 0. The van der Waals surface area contributed by atoms with E-state index < -0.39 is 0 Å². The molecule has 0 aliphatic carbocycles. The number of nitrogens with one attached hydrogen (secondary N) is 2. The highest BCUT2D eigenvalue weighted by Crippen LogP contribution is 2.17. The average Bonchev–Trinajstić information content (AvgIpc) is 2.80. The van der Waals surface area contributed by atoms with Crippen LogP contribution in [0, 0.1) is 0 Å². The molecule has 0 radical (unpaired) electrons. The molecule has 0 atom stereocenters. The topological polar surface area (TPSA) is 106 Å². The van der Waals surface area contributed by atoms with Gasteiger partial charge in [-0.2, -0.15) is 0 Å². The first kappa shape index (κ1) is 15.2. The predicted molar refractivity (Wildman–Crippen MR) is 83.4 cm³/mol. The molecule has 0 aliphatic rings. The molecule has 21 heavy (non-hydrogen) atoms. The fourth-order valence-electron chi connectivity index (χ4n) is 1.74. The zero-order chi connectivity index (χ0) is 15.4. The van der Waals surface area contributed by atoms with Crippen LogP contribution in [0.1, 0.15) is 19.9 Å². The highest BCUT2D eigenvalue weighted by molar-refractivity contribution is 7.99. The normalized spacial score (nSPS) is 10.8. The molecule has 1 aromatic carbocycles. The number of amides is 1. The molecule has 0 unspecified atom stereocenters. The van der Waals surface area contributed by atoms with Gasteiger partial charge in [-0.25, -0.2) is 9.89 Å². The summed E-state index contributed by atoms with van der Waals surface area (Å²) in [6, 6.07) is 6.88. The Labute approximate surface area is 125 Å². The minimum atomic E-state index is -0.272. The first-order chi connectivity index (χ1) is 9.97. The molecule has 2 rings (SSSR count). The Bertz CT molecular complexity index is 675. The monoisotopic (exact) mass is 307 g/mol. The molecular weight excluding hydrogens is 290 g/mol. The number of nitrogen functional groups attached to an aromatic ring is 1. The van der Waals surface area contributed by atoms with Crippen molar-refractivity contribution in [1.82, 2.24) is 14.8 Å². The highest BCUT2D eigenvalue weighted by Gasteiger charge is 2.13. The molecule has 7 nitrogen and oxygen atoms in total. The van der Waals surface area contributed by atoms with Crippen LogP contribution in [0.3, 0.4) is 0 Å². The second-order valence-corrected chi connectivity index (χ2v) is 5.68. The number of H-pyrrole nitrogens is 1.